The predicted octanol–water partition coefficient (Wildman–Crippen LogP) is 2.74. The number of hydrogen-bond donors (Lipinski definition) is 1. The van der Waals surface area contributed by atoms with Crippen LogP contribution < -0.4 is 10.5 Å². The van der Waals surface area contributed by atoms with Crippen LogP contribution in [0.4, 0.5) is 0 Å². The maximum Gasteiger partial charge on any atom is 0.126 e. The summed E-state index contributed by atoms with van der Waals surface area (Å²) in [6, 6.07) is 3.87. The van der Waals surface area contributed by atoms with Crippen LogP contribution >= 0.6 is 0 Å². The third-order valence-corrected chi connectivity index (χ3v) is 3.52. The largest absolute Gasteiger partial charge is 0.496 e. The Bertz CT molecular complexity index is 399. The molecule has 0 spiro atoms. The van der Waals surface area contributed by atoms with E-state index in [9.17, 15) is 0 Å². The van der Waals surface area contributed by atoms with Crippen LogP contribution in [0, 0.1) is 13.8 Å². The van der Waals surface area contributed by atoms with Crippen molar-refractivity contribution < 1.29 is 9.47 Å². The summed E-state index contributed by atoms with van der Waals surface area (Å²) < 4.78 is 10.9. The molecule has 0 amide bonds. The molecule has 1 aromatic carbocycles. The molecule has 17 heavy (non-hydrogen) atoms. The van der Waals surface area contributed by atoms with Gasteiger partial charge in [-0.05, 0) is 38.8 Å². The maximum absolute atomic E-state index is 6.27. The quantitative estimate of drug-likeness (QED) is 0.875. The van der Waals surface area contributed by atoms with Crippen molar-refractivity contribution in [3.05, 3.63) is 28.8 Å². The molecule has 0 heterocycles. The molecule has 0 aliphatic rings. The highest BCUT2D eigenvalue weighted by molar-refractivity contribution is 5.47. The Labute approximate surface area is 104 Å². The van der Waals surface area contributed by atoms with E-state index in [1.165, 1.54) is 5.56 Å². The smallest absolute Gasteiger partial charge is 0.126 e. The lowest BCUT2D eigenvalue weighted by molar-refractivity contribution is -0.000598. The van der Waals surface area contributed by atoms with Gasteiger partial charge in [-0.1, -0.05) is 12.1 Å². The van der Waals surface area contributed by atoms with Gasteiger partial charge in [-0.3, -0.25) is 0 Å². The number of benzene rings is 1. The minimum Gasteiger partial charge on any atom is -0.496 e. The summed E-state index contributed by atoms with van der Waals surface area (Å²) in [6.45, 7) is 8.07. The van der Waals surface area contributed by atoms with Crippen molar-refractivity contribution in [2.45, 2.75) is 39.3 Å². The van der Waals surface area contributed by atoms with Gasteiger partial charge in [0.15, 0.2) is 0 Å². The van der Waals surface area contributed by atoms with E-state index in [0.29, 0.717) is 0 Å². The number of nitrogens with two attached hydrogens (primary N) is 1. The molecular formula is C14H23NO2. The van der Waals surface area contributed by atoms with Gasteiger partial charge >= 0.3 is 0 Å². The Kier molecular flexibility index (Phi) is 4.17. The minimum atomic E-state index is -0.422. The number of aryl methyl sites for hydroxylation is 1. The third-order valence-electron chi connectivity index (χ3n) is 3.52. The summed E-state index contributed by atoms with van der Waals surface area (Å²) in [5, 5.41) is 0. The molecule has 0 bridgehead atoms. The average molecular weight is 237 g/mol. The van der Waals surface area contributed by atoms with E-state index in [4.69, 9.17) is 15.2 Å². The third kappa shape index (κ3) is 2.61. The Balaban J connectivity index is 3.27. The zero-order chi connectivity index (χ0) is 13.2. The second-order valence-electron chi connectivity index (χ2n) is 4.92. The van der Waals surface area contributed by atoms with E-state index in [1.807, 2.05) is 26.8 Å². The van der Waals surface area contributed by atoms with Crippen LogP contribution in [-0.2, 0) is 4.74 Å². The molecule has 0 aromatic heterocycles. The topological polar surface area (TPSA) is 44.5 Å². The summed E-state index contributed by atoms with van der Waals surface area (Å²) in [5.74, 6) is 0.864. The number of hydrogen-bond acceptors (Lipinski definition) is 3. The maximum atomic E-state index is 6.27. The van der Waals surface area contributed by atoms with Gasteiger partial charge in [0.25, 0.3) is 0 Å². The minimum absolute atomic E-state index is 0.221. The number of methoxy groups -OCH3 is 2. The van der Waals surface area contributed by atoms with E-state index in [2.05, 4.69) is 13.0 Å². The molecule has 1 unspecified atom stereocenters. The fourth-order valence-corrected chi connectivity index (χ4v) is 1.83. The highest BCUT2D eigenvalue weighted by Gasteiger charge is 2.30. The second-order valence-corrected chi connectivity index (χ2v) is 4.92. The van der Waals surface area contributed by atoms with Crippen LogP contribution in [0.1, 0.15) is 36.6 Å². The zero-order valence-corrected chi connectivity index (χ0v) is 11.6. The van der Waals surface area contributed by atoms with Crippen molar-refractivity contribution in [2.24, 2.45) is 5.73 Å². The summed E-state index contributed by atoms with van der Waals surface area (Å²) in [7, 11) is 3.35. The van der Waals surface area contributed by atoms with E-state index >= 15 is 0 Å². The van der Waals surface area contributed by atoms with Crippen molar-refractivity contribution in [3.8, 4) is 5.75 Å². The molecule has 96 valence electrons. The molecule has 1 atom stereocenters. The van der Waals surface area contributed by atoms with Crippen LogP contribution in [-0.4, -0.2) is 19.8 Å². The highest BCUT2D eigenvalue weighted by Crippen LogP contribution is 2.35. The van der Waals surface area contributed by atoms with E-state index in [0.717, 1.165) is 16.9 Å². The van der Waals surface area contributed by atoms with Crippen LogP contribution in [0.2, 0.25) is 0 Å². The predicted molar refractivity (Wildman–Crippen MR) is 70.5 cm³/mol. The van der Waals surface area contributed by atoms with Gasteiger partial charge in [0.1, 0.15) is 5.75 Å². The van der Waals surface area contributed by atoms with Crippen molar-refractivity contribution in [3.63, 3.8) is 0 Å². The molecule has 3 heteroatoms. The van der Waals surface area contributed by atoms with Crippen LogP contribution in [0.15, 0.2) is 12.1 Å². The first-order valence-corrected chi connectivity index (χ1v) is 5.80. The van der Waals surface area contributed by atoms with Crippen molar-refractivity contribution >= 4 is 0 Å². The molecule has 0 radical (unpaired) electrons. The summed E-state index contributed by atoms with van der Waals surface area (Å²) >= 11 is 0. The van der Waals surface area contributed by atoms with E-state index in [1.54, 1.807) is 14.2 Å². The fraction of sp³-hybridized carbons (Fsp3) is 0.571. The van der Waals surface area contributed by atoms with Gasteiger partial charge in [-0.2, -0.15) is 0 Å². The van der Waals surface area contributed by atoms with E-state index in [-0.39, 0.29) is 6.04 Å². The van der Waals surface area contributed by atoms with Crippen molar-refractivity contribution in [1.29, 1.82) is 0 Å². The molecule has 1 aromatic rings. The van der Waals surface area contributed by atoms with Crippen molar-refractivity contribution in [2.75, 3.05) is 14.2 Å². The summed E-state index contributed by atoms with van der Waals surface area (Å²) in [6.07, 6.45) is 0. The van der Waals surface area contributed by atoms with Gasteiger partial charge < -0.3 is 15.2 Å². The zero-order valence-electron chi connectivity index (χ0n) is 11.6. The Morgan fingerprint density at radius 1 is 1.18 bits per heavy atom. The van der Waals surface area contributed by atoms with Crippen molar-refractivity contribution in [1.82, 2.24) is 0 Å². The SMILES string of the molecule is COc1c(C(N)C(C)(C)OC)ccc(C)c1C. The van der Waals surface area contributed by atoms with Gasteiger partial charge in [-0.15, -0.1) is 0 Å². The first-order valence-electron chi connectivity index (χ1n) is 5.80. The van der Waals surface area contributed by atoms with Crippen LogP contribution in [0.5, 0.6) is 5.75 Å². The molecule has 2 N–H and O–H groups in total. The lowest BCUT2D eigenvalue weighted by Crippen LogP contribution is -2.37. The highest BCUT2D eigenvalue weighted by atomic mass is 16.5. The lowest BCUT2D eigenvalue weighted by atomic mass is 9.89. The molecule has 3 nitrogen and oxygen atoms in total. The molecule has 0 saturated heterocycles. The monoisotopic (exact) mass is 237 g/mol. The molecule has 1 rings (SSSR count). The number of ether oxygens (including phenoxy) is 2. The van der Waals surface area contributed by atoms with Gasteiger partial charge in [0.05, 0.1) is 18.8 Å². The lowest BCUT2D eigenvalue weighted by Gasteiger charge is -2.31. The Morgan fingerprint density at radius 2 is 1.76 bits per heavy atom. The fourth-order valence-electron chi connectivity index (χ4n) is 1.83. The van der Waals surface area contributed by atoms with Crippen LogP contribution in [0.25, 0.3) is 0 Å². The Hall–Kier alpha value is -1.06. The first kappa shape index (κ1) is 14.0. The molecule has 0 saturated carbocycles. The standard InChI is InChI=1S/C14H23NO2/c1-9-7-8-11(12(16-5)10(9)2)13(15)14(3,4)17-6/h7-8,13H,15H2,1-6H3. The molecule has 0 fully saturated rings. The normalized spacial score (nSPS) is 13.6. The average Bonchev–Trinajstić information content (AvgIpc) is 2.31. The summed E-state index contributed by atoms with van der Waals surface area (Å²) in [4.78, 5) is 0. The van der Waals surface area contributed by atoms with Gasteiger partial charge in [-0.25, -0.2) is 0 Å². The molecular weight excluding hydrogens is 214 g/mol. The number of rotatable bonds is 4. The van der Waals surface area contributed by atoms with Gasteiger partial charge in [0.2, 0.25) is 0 Å². The van der Waals surface area contributed by atoms with E-state index < -0.39 is 5.60 Å². The molecule has 0 aliphatic carbocycles. The first-order chi connectivity index (χ1) is 7.85. The van der Waals surface area contributed by atoms with Crippen LogP contribution in [0.3, 0.4) is 0 Å². The Morgan fingerprint density at radius 3 is 2.24 bits per heavy atom. The summed E-state index contributed by atoms with van der Waals surface area (Å²) in [5.41, 5.74) is 9.17. The van der Waals surface area contributed by atoms with Gasteiger partial charge in [0, 0.05) is 12.7 Å². The second kappa shape index (κ2) is 5.07. The molecule has 0 aliphatic heterocycles.